The summed E-state index contributed by atoms with van der Waals surface area (Å²) < 4.78 is 13.6. The lowest BCUT2D eigenvalue weighted by Crippen LogP contribution is -2.40. The second kappa shape index (κ2) is 8.54. The Kier molecular flexibility index (Phi) is 5.19. The number of nitrogens with two attached hydrogens (primary N) is 2. The number of nitrogens with zero attached hydrogens (tertiary/aromatic N) is 5. The van der Waals surface area contributed by atoms with Crippen molar-refractivity contribution in [1.82, 2.24) is 24.7 Å². The molecule has 0 radical (unpaired) electrons. The van der Waals surface area contributed by atoms with Crippen molar-refractivity contribution in [3.63, 3.8) is 0 Å². The Morgan fingerprint density at radius 3 is 2.83 bits per heavy atom. The van der Waals surface area contributed by atoms with Crippen molar-refractivity contribution in [2.75, 3.05) is 30.8 Å². The monoisotopic (exact) mass is 484 g/mol. The van der Waals surface area contributed by atoms with Crippen molar-refractivity contribution in [3.8, 4) is 17.2 Å². The van der Waals surface area contributed by atoms with Crippen LogP contribution < -0.4 is 31.4 Å². The Morgan fingerprint density at radius 1 is 1.19 bits per heavy atom. The molecule has 36 heavy (non-hydrogen) atoms. The van der Waals surface area contributed by atoms with Crippen molar-refractivity contribution in [3.05, 3.63) is 70.6 Å². The molecule has 3 aromatic heterocycles. The highest BCUT2D eigenvalue weighted by molar-refractivity contribution is 6.05. The third kappa shape index (κ3) is 3.57. The Hall–Kier alpha value is -4.64. The molecule has 182 valence electrons. The van der Waals surface area contributed by atoms with E-state index in [-0.39, 0.29) is 17.5 Å². The van der Waals surface area contributed by atoms with Gasteiger partial charge in [-0.3, -0.25) is 14.5 Å². The van der Waals surface area contributed by atoms with Crippen LogP contribution in [0.2, 0.25) is 0 Å². The van der Waals surface area contributed by atoms with Crippen molar-refractivity contribution >= 4 is 33.7 Å². The van der Waals surface area contributed by atoms with Gasteiger partial charge in [0.05, 0.1) is 23.1 Å². The first-order valence-electron chi connectivity index (χ1n) is 11.5. The molecule has 0 saturated heterocycles. The van der Waals surface area contributed by atoms with Gasteiger partial charge in [0, 0.05) is 19.8 Å². The number of para-hydroxylation sites is 1. The van der Waals surface area contributed by atoms with E-state index >= 15 is 0 Å². The molecule has 0 fully saturated rings. The Labute approximate surface area is 205 Å². The molecule has 0 saturated carbocycles. The molecule has 5 aromatic rings. The molecule has 0 spiro atoms. The summed E-state index contributed by atoms with van der Waals surface area (Å²) in [5.41, 5.74) is 14.0. The van der Waals surface area contributed by atoms with Crippen molar-refractivity contribution in [2.24, 2.45) is 5.73 Å². The molecule has 2 aromatic carbocycles. The zero-order valence-corrected chi connectivity index (χ0v) is 19.5. The van der Waals surface area contributed by atoms with Crippen molar-refractivity contribution in [1.29, 1.82) is 0 Å². The summed E-state index contributed by atoms with van der Waals surface area (Å²) >= 11 is 0. The van der Waals surface area contributed by atoms with E-state index in [9.17, 15) is 4.79 Å². The van der Waals surface area contributed by atoms with Gasteiger partial charge in [-0.15, -0.1) is 0 Å². The van der Waals surface area contributed by atoms with Gasteiger partial charge in [0.15, 0.2) is 29.1 Å². The number of aromatic nitrogens is 5. The SMILES string of the molecule is CN(C[C@H]1COc2ccc(CN)cc2O1)c1ncc2c3[nH]nc(N)c3c(=O)n(-c3ccccc3)c2n1. The standard InChI is InChI=1S/C25H24N8O3/c1-32(12-16-13-35-18-8-7-14(10-26)9-19(18)36-16)25-28-11-17-21-20(22(27)31-30-21)24(34)33(23(17)29-25)15-5-3-2-4-6-15/h2-9,11,16H,10,12-13,26H2,1H3,(H3,27,30,31)/t16-/m0/s1. The molecule has 0 unspecified atom stereocenters. The molecule has 11 nitrogen and oxygen atoms in total. The number of rotatable bonds is 5. The van der Waals surface area contributed by atoms with Gasteiger partial charge in [-0.05, 0) is 29.8 Å². The summed E-state index contributed by atoms with van der Waals surface area (Å²) in [7, 11) is 1.87. The minimum Gasteiger partial charge on any atom is -0.486 e. The molecular formula is C25H24N8O3. The van der Waals surface area contributed by atoms with Gasteiger partial charge in [0.2, 0.25) is 5.95 Å². The number of nitrogen functional groups attached to an aromatic ring is 1. The number of nitrogens with one attached hydrogen (secondary N) is 1. The van der Waals surface area contributed by atoms with Crippen molar-refractivity contribution in [2.45, 2.75) is 12.6 Å². The van der Waals surface area contributed by atoms with Crippen LogP contribution in [-0.2, 0) is 6.54 Å². The first kappa shape index (κ1) is 21.9. The van der Waals surface area contributed by atoms with E-state index in [2.05, 4.69) is 15.2 Å². The van der Waals surface area contributed by atoms with E-state index < -0.39 is 0 Å². The summed E-state index contributed by atoms with van der Waals surface area (Å²) in [6, 6.07) is 15.0. The van der Waals surface area contributed by atoms with Crippen LogP contribution in [0.15, 0.2) is 59.5 Å². The molecule has 11 heteroatoms. The molecule has 0 bridgehead atoms. The van der Waals surface area contributed by atoms with Gasteiger partial charge in [-0.1, -0.05) is 24.3 Å². The van der Waals surface area contributed by atoms with Crippen LogP contribution in [0.4, 0.5) is 11.8 Å². The van der Waals surface area contributed by atoms with Crippen LogP contribution >= 0.6 is 0 Å². The van der Waals surface area contributed by atoms with E-state index in [0.29, 0.717) is 64.8 Å². The van der Waals surface area contributed by atoms with E-state index in [4.69, 9.17) is 25.9 Å². The fraction of sp³-hybridized carbons (Fsp3) is 0.200. The van der Waals surface area contributed by atoms with E-state index in [1.54, 1.807) is 6.20 Å². The van der Waals surface area contributed by atoms with Crippen LogP contribution in [0, 0.1) is 0 Å². The quantitative estimate of drug-likeness (QED) is 0.340. The van der Waals surface area contributed by atoms with E-state index in [1.165, 1.54) is 4.57 Å². The number of likely N-dealkylation sites (N-methyl/N-ethyl adjacent to an activating group) is 1. The van der Waals surface area contributed by atoms with Crippen LogP contribution in [0.1, 0.15) is 5.56 Å². The Balaban J connectivity index is 1.39. The Bertz CT molecular complexity index is 1650. The summed E-state index contributed by atoms with van der Waals surface area (Å²) in [6.45, 7) is 1.27. The number of anilines is 2. The number of pyridine rings is 1. The van der Waals surface area contributed by atoms with Gasteiger partial charge in [-0.2, -0.15) is 10.1 Å². The molecule has 1 aliphatic heterocycles. The van der Waals surface area contributed by atoms with E-state index in [0.717, 1.165) is 5.56 Å². The van der Waals surface area contributed by atoms with Gasteiger partial charge >= 0.3 is 0 Å². The average Bonchev–Trinajstić information content (AvgIpc) is 3.30. The summed E-state index contributed by atoms with van der Waals surface area (Å²) in [6.07, 6.45) is 1.43. The Morgan fingerprint density at radius 2 is 2.03 bits per heavy atom. The lowest BCUT2D eigenvalue weighted by molar-refractivity contribution is 0.0957. The predicted octanol–water partition coefficient (Wildman–Crippen LogP) is 1.97. The topological polar surface area (TPSA) is 150 Å². The molecule has 1 atom stereocenters. The van der Waals surface area contributed by atoms with E-state index in [1.807, 2.05) is 60.5 Å². The number of H-pyrrole nitrogens is 1. The second-order valence-electron chi connectivity index (χ2n) is 8.66. The fourth-order valence-corrected chi connectivity index (χ4v) is 4.45. The van der Waals surface area contributed by atoms with Gasteiger partial charge in [0.25, 0.3) is 5.56 Å². The molecule has 6 rings (SSSR count). The van der Waals surface area contributed by atoms with Crippen LogP contribution in [0.5, 0.6) is 11.5 Å². The fourth-order valence-electron chi connectivity index (χ4n) is 4.45. The number of hydrogen-bond donors (Lipinski definition) is 3. The number of hydrogen-bond acceptors (Lipinski definition) is 9. The highest BCUT2D eigenvalue weighted by Gasteiger charge is 2.25. The number of aromatic amines is 1. The second-order valence-corrected chi connectivity index (χ2v) is 8.66. The van der Waals surface area contributed by atoms with Gasteiger partial charge in [-0.25, -0.2) is 4.98 Å². The van der Waals surface area contributed by atoms with Crippen molar-refractivity contribution < 1.29 is 9.47 Å². The zero-order chi connectivity index (χ0) is 24.8. The maximum atomic E-state index is 13.5. The highest BCUT2D eigenvalue weighted by atomic mass is 16.6. The lowest BCUT2D eigenvalue weighted by atomic mass is 10.2. The summed E-state index contributed by atoms with van der Waals surface area (Å²) in [5, 5.41) is 7.84. The molecule has 1 aliphatic rings. The molecular weight excluding hydrogens is 460 g/mol. The minimum atomic E-state index is -0.307. The number of fused-ring (bicyclic) bond motifs is 4. The highest BCUT2D eigenvalue weighted by Crippen LogP contribution is 2.33. The number of benzene rings is 2. The predicted molar refractivity (Wildman–Crippen MR) is 137 cm³/mol. The van der Waals surface area contributed by atoms with Gasteiger partial charge < -0.3 is 25.8 Å². The first-order valence-corrected chi connectivity index (χ1v) is 11.5. The lowest BCUT2D eigenvalue weighted by Gasteiger charge is -2.30. The smallest absolute Gasteiger partial charge is 0.270 e. The third-order valence-corrected chi connectivity index (χ3v) is 6.24. The average molecular weight is 485 g/mol. The van der Waals surface area contributed by atoms with Crippen LogP contribution in [0.25, 0.3) is 27.6 Å². The summed E-state index contributed by atoms with van der Waals surface area (Å²) in [4.78, 5) is 24.7. The van der Waals surface area contributed by atoms with Crippen LogP contribution in [-0.4, -0.2) is 51.0 Å². The molecule has 5 N–H and O–H groups in total. The zero-order valence-electron chi connectivity index (χ0n) is 19.5. The molecule has 0 amide bonds. The maximum Gasteiger partial charge on any atom is 0.270 e. The maximum absolute atomic E-state index is 13.5. The van der Waals surface area contributed by atoms with Gasteiger partial charge in [0.1, 0.15) is 12.0 Å². The first-order chi connectivity index (χ1) is 17.5. The minimum absolute atomic E-state index is 0.135. The molecule has 4 heterocycles. The largest absolute Gasteiger partial charge is 0.486 e. The normalized spacial score (nSPS) is 14.9. The number of ether oxygens (including phenoxy) is 2. The third-order valence-electron chi connectivity index (χ3n) is 6.24. The van der Waals surface area contributed by atoms with Crippen LogP contribution in [0.3, 0.4) is 0 Å². The molecule has 0 aliphatic carbocycles. The summed E-state index contributed by atoms with van der Waals surface area (Å²) in [5.74, 6) is 1.93.